The minimum absolute atomic E-state index is 0.0337. The van der Waals surface area contributed by atoms with E-state index in [2.05, 4.69) is 19.2 Å². The number of nitrogens with one attached hydrogen (secondary N) is 1. The van der Waals surface area contributed by atoms with Crippen LogP contribution >= 0.6 is 7.82 Å². The van der Waals surface area contributed by atoms with E-state index >= 15 is 0 Å². The van der Waals surface area contributed by atoms with E-state index in [9.17, 15) is 33.4 Å². The topological polar surface area (TPSA) is 175 Å². The number of hydrogen-bond donors (Lipinski definition) is 2. The molecule has 3 amide bonds. The van der Waals surface area contributed by atoms with Gasteiger partial charge in [0.05, 0.1) is 18.9 Å². The third-order valence-electron chi connectivity index (χ3n) is 13.4. The van der Waals surface area contributed by atoms with Crippen molar-refractivity contribution in [2.75, 3.05) is 31.3 Å². The smallest absolute Gasteiger partial charge is 0.462 e. The molecule has 1 aliphatic rings. The SMILES string of the molecule is CCCCCCCCCCCCCCCCCCC(=O)OCC(COP(=O)(O)OCCNC(=O)CCCc1ccc(N2C(=O)CCC2=O)cc1)OC(=O)CCCCCCCCCCCCCCCCCC. The molecule has 2 rings (SSSR count). The lowest BCUT2D eigenvalue weighted by Crippen LogP contribution is -2.30. The molecular formula is C57H99N2O11P. The molecule has 1 fully saturated rings. The van der Waals surface area contributed by atoms with E-state index in [1.54, 1.807) is 12.1 Å². The van der Waals surface area contributed by atoms with Crippen molar-refractivity contribution in [1.29, 1.82) is 0 Å². The van der Waals surface area contributed by atoms with Crippen LogP contribution in [0, 0.1) is 0 Å². The lowest BCUT2D eigenvalue weighted by atomic mass is 10.0. The fourth-order valence-corrected chi connectivity index (χ4v) is 9.79. The van der Waals surface area contributed by atoms with Crippen LogP contribution in [0.4, 0.5) is 5.69 Å². The number of nitrogens with zero attached hydrogens (tertiary/aromatic N) is 1. The zero-order valence-electron chi connectivity index (χ0n) is 44.7. The summed E-state index contributed by atoms with van der Waals surface area (Å²) >= 11 is 0. The first kappa shape index (κ1) is 64.0. The molecular weight excluding hydrogens is 920 g/mol. The molecule has 0 radical (unpaired) electrons. The average molecular weight is 1020 g/mol. The van der Waals surface area contributed by atoms with Crippen LogP contribution in [-0.2, 0) is 53.5 Å². The van der Waals surface area contributed by atoms with Crippen LogP contribution in [0.5, 0.6) is 0 Å². The number of unbranched alkanes of at least 4 members (excludes halogenated alkanes) is 30. The van der Waals surface area contributed by atoms with Crippen LogP contribution in [0.1, 0.15) is 263 Å². The summed E-state index contributed by atoms with van der Waals surface area (Å²) in [5.74, 6) is -1.58. The zero-order chi connectivity index (χ0) is 51.5. The first-order valence-corrected chi connectivity index (χ1v) is 30.2. The summed E-state index contributed by atoms with van der Waals surface area (Å²) in [4.78, 5) is 73.6. The molecule has 71 heavy (non-hydrogen) atoms. The monoisotopic (exact) mass is 1020 g/mol. The highest BCUT2D eigenvalue weighted by Crippen LogP contribution is 2.43. The van der Waals surface area contributed by atoms with Gasteiger partial charge in [-0.25, -0.2) is 4.57 Å². The number of ether oxygens (including phenoxy) is 2. The number of phosphoric ester groups is 1. The first-order chi connectivity index (χ1) is 34.5. The van der Waals surface area contributed by atoms with Crippen molar-refractivity contribution in [3.05, 3.63) is 29.8 Å². The number of esters is 2. The van der Waals surface area contributed by atoms with Crippen LogP contribution < -0.4 is 10.2 Å². The number of amides is 3. The van der Waals surface area contributed by atoms with Crippen molar-refractivity contribution in [2.24, 2.45) is 0 Å². The second-order valence-corrected chi connectivity index (χ2v) is 21.4. The Balaban J connectivity index is 1.66. The molecule has 1 aliphatic heterocycles. The highest BCUT2D eigenvalue weighted by Gasteiger charge is 2.30. The molecule has 0 bridgehead atoms. The van der Waals surface area contributed by atoms with E-state index < -0.39 is 32.5 Å². The van der Waals surface area contributed by atoms with Crippen LogP contribution in [0.3, 0.4) is 0 Å². The lowest BCUT2D eigenvalue weighted by molar-refractivity contribution is -0.161. The van der Waals surface area contributed by atoms with E-state index in [0.29, 0.717) is 31.4 Å². The fraction of sp³-hybridized carbons (Fsp3) is 0.807. The number of benzene rings is 1. The number of hydrogen-bond acceptors (Lipinski definition) is 10. The maximum atomic E-state index is 12.9. The van der Waals surface area contributed by atoms with E-state index in [4.69, 9.17) is 18.5 Å². The van der Waals surface area contributed by atoms with Gasteiger partial charge in [-0.05, 0) is 43.4 Å². The lowest BCUT2D eigenvalue weighted by Gasteiger charge is -2.20. The molecule has 0 saturated carbocycles. The molecule has 2 unspecified atom stereocenters. The number of imide groups is 1. The van der Waals surface area contributed by atoms with Crippen LogP contribution in [-0.4, -0.2) is 67.0 Å². The van der Waals surface area contributed by atoms with E-state index in [1.165, 1.54) is 159 Å². The van der Waals surface area contributed by atoms with Gasteiger partial charge in [0.15, 0.2) is 6.10 Å². The Labute approximate surface area is 430 Å². The van der Waals surface area contributed by atoms with E-state index in [-0.39, 0.29) is 69.6 Å². The van der Waals surface area contributed by atoms with Gasteiger partial charge < -0.3 is 19.7 Å². The van der Waals surface area contributed by atoms with Gasteiger partial charge >= 0.3 is 19.8 Å². The highest BCUT2D eigenvalue weighted by atomic mass is 31.2. The Kier molecular flexibility index (Phi) is 39.0. The second-order valence-electron chi connectivity index (χ2n) is 20.0. The Morgan fingerprint density at radius 3 is 1.39 bits per heavy atom. The van der Waals surface area contributed by atoms with Crippen molar-refractivity contribution in [3.8, 4) is 0 Å². The molecule has 0 spiro atoms. The van der Waals surface area contributed by atoms with Gasteiger partial charge in [0, 0.05) is 38.6 Å². The maximum Gasteiger partial charge on any atom is 0.472 e. The van der Waals surface area contributed by atoms with Gasteiger partial charge in [0.1, 0.15) is 6.61 Å². The Morgan fingerprint density at radius 2 is 0.958 bits per heavy atom. The number of carbonyl (C=O) groups is 5. The molecule has 13 nitrogen and oxygen atoms in total. The summed E-state index contributed by atoms with van der Waals surface area (Å²) < 4.78 is 34.1. The molecule has 2 atom stereocenters. The van der Waals surface area contributed by atoms with Gasteiger partial charge in [-0.1, -0.05) is 219 Å². The summed E-state index contributed by atoms with van der Waals surface area (Å²) in [6, 6.07) is 7.12. The Hall–Kier alpha value is -3.12. The molecule has 14 heteroatoms. The summed E-state index contributed by atoms with van der Waals surface area (Å²) in [5, 5.41) is 2.67. The quantitative estimate of drug-likeness (QED) is 0.0275. The third kappa shape index (κ3) is 35.6. The molecule has 408 valence electrons. The van der Waals surface area contributed by atoms with Gasteiger partial charge in [0.25, 0.3) is 0 Å². The summed E-state index contributed by atoms with van der Waals surface area (Å²) in [5.41, 5.74) is 1.50. The summed E-state index contributed by atoms with van der Waals surface area (Å²) in [6.07, 6.45) is 40.6. The molecule has 1 aromatic rings. The maximum absolute atomic E-state index is 12.9. The number of aryl methyl sites for hydroxylation is 1. The van der Waals surface area contributed by atoms with Crippen LogP contribution in [0.25, 0.3) is 0 Å². The van der Waals surface area contributed by atoms with Gasteiger partial charge in [-0.15, -0.1) is 0 Å². The first-order valence-electron chi connectivity index (χ1n) is 28.7. The third-order valence-corrected chi connectivity index (χ3v) is 14.4. The second kappa shape index (κ2) is 43.3. The number of anilines is 1. The van der Waals surface area contributed by atoms with Crippen molar-refractivity contribution in [2.45, 2.75) is 270 Å². The van der Waals surface area contributed by atoms with E-state index in [0.717, 1.165) is 44.1 Å². The minimum atomic E-state index is -4.61. The van der Waals surface area contributed by atoms with Gasteiger partial charge in [-0.3, -0.25) is 37.9 Å². The normalized spacial score (nSPS) is 13.9. The zero-order valence-corrected chi connectivity index (χ0v) is 45.6. The predicted octanol–water partition coefficient (Wildman–Crippen LogP) is 14.7. The fourth-order valence-electron chi connectivity index (χ4n) is 9.04. The molecule has 0 aromatic heterocycles. The summed E-state index contributed by atoms with van der Waals surface area (Å²) in [6.45, 7) is 3.37. The standard InChI is InChI=1S/C57H99N2O11P/c1-3-5-7-9-11-13-15-17-19-21-23-25-27-29-31-33-38-56(63)67-48-52(70-57(64)39-34-32-30-28-26-24-22-20-18-16-14-12-10-8-6-4-2)49-69-71(65,66)68-47-46-58-53(60)37-35-36-50-40-42-51(43-41-50)59-54(61)44-45-55(59)62/h40-43,52H,3-39,44-49H2,1-2H3,(H,58,60)(H,65,66). The molecule has 1 heterocycles. The number of carbonyl (C=O) groups excluding carboxylic acids is 5. The number of rotatable bonds is 49. The average Bonchev–Trinajstić information content (AvgIpc) is 3.70. The Morgan fingerprint density at radius 1 is 0.549 bits per heavy atom. The summed E-state index contributed by atoms with van der Waals surface area (Å²) in [7, 11) is -4.61. The van der Waals surface area contributed by atoms with Gasteiger partial charge in [0.2, 0.25) is 17.7 Å². The molecule has 2 N–H and O–H groups in total. The van der Waals surface area contributed by atoms with Crippen LogP contribution in [0.15, 0.2) is 24.3 Å². The molecule has 1 aromatic carbocycles. The largest absolute Gasteiger partial charge is 0.472 e. The predicted molar refractivity (Wildman–Crippen MR) is 285 cm³/mol. The molecule has 0 aliphatic carbocycles. The van der Waals surface area contributed by atoms with Crippen molar-refractivity contribution in [3.63, 3.8) is 0 Å². The Bertz CT molecular complexity index is 1580. The van der Waals surface area contributed by atoms with Gasteiger partial charge in [-0.2, -0.15) is 0 Å². The van der Waals surface area contributed by atoms with E-state index in [1.807, 2.05) is 12.1 Å². The molecule has 1 saturated heterocycles. The van der Waals surface area contributed by atoms with Crippen molar-refractivity contribution < 1.29 is 52.0 Å². The van der Waals surface area contributed by atoms with Crippen molar-refractivity contribution >= 4 is 43.2 Å². The minimum Gasteiger partial charge on any atom is -0.462 e. The number of phosphoric acid groups is 1. The van der Waals surface area contributed by atoms with Crippen LogP contribution in [0.2, 0.25) is 0 Å². The van der Waals surface area contributed by atoms with Crippen molar-refractivity contribution in [1.82, 2.24) is 5.32 Å². The highest BCUT2D eigenvalue weighted by molar-refractivity contribution is 7.47.